The number of furan rings is 1. The molecule has 0 aliphatic heterocycles. The molecule has 2 N–H and O–H groups in total. The summed E-state index contributed by atoms with van der Waals surface area (Å²) in [6, 6.07) is 15.2. The van der Waals surface area contributed by atoms with Crippen LogP contribution in [0.25, 0.3) is 0 Å². The van der Waals surface area contributed by atoms with E-state index >= 15 is 0 Å². The number of ether oxygens (including phenoxy) is 1. The van der Waals surface area contributed by atoms with Gasteiger partial charge in [0.15, 0.2) is 12.4 Å². The van der Waals surface area contributed by atoms with Crippen LogP contribution in [0, 0.1) is 0 Å². The van der Waals surface area contributed by atoms with Crippen LogP contribution in [0.5, 0.6) is 5.75 Å². The third-order valence-electron chi connectivity index (χ3n) is 3.91. The van der Waals surface area contributed by atoms with Crippen molar-refractivity contribution in [1.29, 1.82) is 0 Å². The van der Waals surface area contributed by atoms with Crippen LogP contribution in [0.2, 0.25) is 5.02 Å². The fourth-order valence-electron chi connectivity index (χ4n) is 2.67. The Bertz CT molecular complexity index is 1000. The molecule has 0 unspecified atom stereocenters. The fraction of sp³-hybridized carbons (Fsp3) is 0.143. The van der Waals surface area contributed by atoms with E-state index in [-0.39, 0.29) is 24.2 Å². The lowest BCUT2D eigenvalue weighted by molar-refractivity contribution is -0.118. The molecular formula is C21H20ClN3O4. The van der Waals surface area contributed by atoms with Crippen molar-refractivity contribution in [1.82, 2.24) is 0 Å². The van der Waals surface area contributed by atoms with Crippen LogP contribution < -0.4 is 20.3 Å². The van der Waals surface area contributed by atoms with Gasteiger partial charge >= 0.3 is 0 Å². The van der Waals surface area contributed by atoms with E-state index in [1.807, 2.05) is 19.0 Å². The molecule has 2 amide bonds. The predicted octanol–water partition coefficient (Wildman–Crippen LogP) is 4.27. The highest BCUT2D eigenvalue weighted by molar-refractivity contribution is 6.34. The molecule has 8 heteroatoms. The van der Waals surface area contributed by atoms with E-state index in [0.29, 0.717) is 27.8 Å². The molecule has 0 fully saturated rings. The predicted molar refractivity (Wildman–Crippen MR) is 113 cm³/mol. The molecule has 0 aliphatic carbocycles. The zero-order chi connectivity index (χ0) is 20.8. The third kappa shape index (κ3) is 5.30. The van der Waals surface area contributed by atoms with Gasteiger partial charge in [-0.1, -0.05) is 23.7 Å². The smallest absolute Gasteiger partial charge is 0.291 e. The Labute approximate surface area is 173 Å². The first kappa shape index (κ1) is 20.3. The SMILES string of the molecule is CN(C)c1c(Cl)cccc1NC(=O)COc1cccc(NC(=O)c2ccco2)c1. The highest BCUT2D eigenvalue weighted by Gasteiger charge is 2.13. The number of amides is 2. The number of anilines is 3. The van der Waals surface area contributed by atoms with E-state index in [2.05, 4.69) is 10.6 Å². The van der Waals surface area contributed by atoms with Crippen LogP contribution in [0.1, 0.15) is 10.6 Å². The van der Waals surface area contributed by atoms with Crippen LogP contribution in [0.3, 0.4) is 0 Å². The second-order valence-electron chi connectivity index (χ2n) is 6.33. The number of hydrogen-bond acceptors (Lipinski definition) is 5. The molecule has 150 valence electrons. The molecule has 2 aromatic carbocycles. The molecule has 0 atom stereocenters. The van der Waals surface area contributed by atoms with Gasteiger partial charge in [0.05, 0.1) is 22.7 Å². The molecule has 1 heterocycles. The average Bonchev–Trinajstić information content (AvgIpc) is 3.21. The van der Waals surface area contributed by atoms with Crippen LogP contribution >= 0.6 is 11.6 Å². The minimum Gasteiger partial charge on any atom is -0.484 e. The van der Waals surface area contributed by atoms with Crippen LogP contribution in [0.15, 0.2) is 65.3 Å². The van der Waals surface area contributed by atoms with Crippen LogP contribution in [0.4, 0.5) is 17.1 Å². The quantitative estimate of drug-likeness (QED) is 0.604. The van der Waals surface area contributed by atoms with Crippen molar-refractivity contribution in [3.8, 4) is 5.75 Å². The lowest BCUT2D eigenvalue weighted by atomic mass is 10.2. The van der Waals surface area contributed by atoms with Crippen LogP contribution in [-0.4, -0.2) is 32.5 Å². The van der Waals surface area contributed by atoms with E-state index in [9.17, 15) is 9.59 Å². The Morgan fingerprint density at radius 3 is 2.59 bits per heavy atom. The van der Waals surface area contributed by atoms with Gasteiger partial charge in [-0.2, -0.15) is 0 Å². The molecule has 0 radical (unpaired) electrons. The van der Waals surface area contributed by atoms with E-state index in [0.717, 1.165) is 0 Å². The van der Waals surface area contributed by atoms with Crippen molar-refractivity contribution in [2.24, 2.45) is 0 Å². The Balaban J connectivity index is 1.60. The molecular weight excluding hydrogens is 394 g/mol. The Kier molecular flexibility index (Phi) is 6.41. The first-order chi connectivity index (χ1) is 13.9. The Hall–Kier alpha value is -3.45. The molecule has 0 bridgehead atoms. The van der Waals surface area contributed by atoms with Gasteiger partial charge < -0.3 is 24.7 Å². The first-order valence-electron chi connectivity index (χ1n) is 8.77. The maximum Gasteiger partial charge on any atom is 0.291 e. The van der Waals surface area contributed by atoms with Crippen molar-refractivity contribution in [2.45, 2.75) is 0 Å². The summed E-state index contributed by atoms with van der Waals surface area (Å²) in [4.78, 5) is 26.2. The van der Waals surface area contributed by atoms with E-state index < -0.39 is 0 Å². The van der Waals surface area contributed by atoms with Gasteiger partial charge in [0, 0.05) is 25.8 Å². The van der Waals surface area contributed by atoms with Gasteiger partial charge in [0.1, 0.15) is 5.75 Å². The molecule has 0 saturated carbocycles. The molecule has 1 aromatic heterocycles. The van der Waals surface area contributed by atoms with Crippen molar-refractivity contribution in [2.75, 3.05) is 36.2 Å². The van der Waals surface area contributed by atoms with E-state index in [1.54, 1.807) is 54.6 Å². The summed E-state index contributed by atoms with van der Waals surface area (Å²) in [5, 5.41) is 6.04. The zero-order valence-corrected chi connectivity index (χ0v) is 16.7. The summed E-state index contributed by atoms with van der Waals surface area (Å²) in [7, 11) is 3.69. The first-order valence-corrected chi connectivity index (χ1v) is 9.15. The minimum absolute atomic E-state index is 0.199. The number of hydrogen-bond donors (Lipinski definition) is 2. The summed E-state index contributed by atoms with van der Waals surface area (Å²) >= 11 is 6.21. The number of para-hydroxylation sites is 1. The number of carbonyl (C=O) groups excluding carboxylic acids is 2. The number of benzene rings is 2. The van der Waals surface area contributed by atoms with Crippen LogP contribution in [-0.2, 0) is 4.79 Å². The van der Waals surface area contributed by atoms with Crippen molar-refractivity contribution >= 4 is 40.5 Å². The average molecular weight is 414 g/mol. The second kappa shape index (κ2) is 9.16. The van der Waals surface area contributed by atoms with Gasteiger partial charge in [-0.05, 0) is 36.4 Å². The minimum atomic E-state index is -0.373. The monoisotopic (exact) mass is 413 g/mol. The molecule has 0 aliphatic rings. The summed E-state index contributed by atoms with van der Waals surface area (Å²) in [5.41, 5.74) is 1.83. The molecule has 3 rings (SSSR count). The van der Waals surface area contributed by atoms with Gasteiger partial charge in [0.2, 0.25) is 0 Å². The highest BCUT2D eigenvalue weighted by Crippen LogP contribution is 2.32. The molecule has 3 aromatic rings. The lowest BCUT2D eigenvalue weighted by Crippen LogP contribution is -2.22. The van der Waals surface area contributed by atoms with Gasteiger partial charge in [-0.25, -0.2) is 0 Å². The largest absolute Gasteiger partial charge is 0.484 e. The Morgan fingerprint density at radius 1 is 1.07 bits per heavy atom. The van der Waals surface area contributed by atoms with Gasteiger partial charge in [-0.3, -0.25) is 9.59 Å². The third-order valence-corrected chi connectivity index (χ3v) is 4.22. The van der Waals surface area contributed by atoms with Crippen molar-refractivity contribution < 1.29 is 18.7 Å². The van der Waals surface area contributed by atoms with E-state index in [1.165, 1.54) is 6.26 Å². The topological polar surface area (TPSA) is 83.8 Å². The number of nitrogens with zero attached hydrogens (tertiary/aromatic N) is 1. The Morgan fingerprint density at radius 2 is 1.86 bits per heavy atom. The van der Waals surface area contributed by atoms with Gasteiger partial charge in [-0.15, -0.1) is 0 Å². The maximum atomic E-state index is 12.3. The van der Waals surface area contributed by atoms with Crippen molar-refractivity contribution in [3.63, 3.8) is 0 Å². The second-order valence-corrected chi connectivity index (χ2v) is 6.73. The normalized spacial score (nSPS) is 10.3. The standard InChI is InChI=1S/C21H20ClN3O4/c1-25(2)20-16(22)8-4-9-17(20)24-19(26)13-29-15-7-3-6-14(12-15)23-21(27)18-10-5-11-28-18/h3-12H,13H2,1-2H3,(H,23,27)(H,24,26). The van der Waals surface area contributed by atoms with E-state index in [4.69, 9.17) is 20.8 Å². The molecule has 29 heavy (non-hydrogen) atoms. The molecule has 0 spiro atoms. The fourth-order valence-corrected chi connectivity index (χ4v) is 3.01. The van der Waals surface area contributed by atoms with Crippen molar-refractivity contribution in [3.05, 3.63) is 71.6 Å². The summed E-state index contributed by atoms with van der Waals surface area (Å²) in [6.07, 6.45) is 1.43. The number of rotatable bonds is 7. The summed E-state index contributed by atoms with van der Waals surface area (Å²) < 4.78 is 10.6. The number of carbonyl (C=O) groups is 2. The lowest BCUT2D eigenvalue weighted by Gasteiger charge is -2.19. The maximum absolute atomic E-state index is 12.3. The molecule has 7 nitrogen and oxygen atoms in total. The zero-order valence-electron chi connectivity index (χ0n) is 15.9. The molecule has 0 saturated heterocycles. The summed E-state index contributed by atoms with van der Waals surface area (Å²) in [6.45, 7) is -0.199. The number of halogens is 1. The summed E-state index contributed by atoms with van der Waals surface area (Å²) in [5.74, 6) is -0.0623. The van der Waals surface area contributed by atoms with Gasteiger partial charge in [0.25, 0.3) is 11.8 Å². The highest BCUT2D eigenvalue weighted by atomic mass is 35.5. The number of nitrogens with one attached hydrogen (secondary N) is 2.